The number of halogens is 1. The number of hydrogen-bond acceptors (Lipinski definition) is 3. The van der Waals surface area contributed by atoms with Gasteiger partial charge in [0.15, 0.2) is 0 Å². The summed E-state index contributed by atoms with van der Waals surface area (Å²) in [4.78, 5) is 14.7. The number of hydrogen-bond donors (Lipinski definition) is 1. The van der Waals surface area contributed by atoms with Crippen LogP contribution >= 0.6 is 0 Å². The first kappa shape index (κ1) is 17.4. The van der Waals surface area contributed by atoms with Crippen LogP contribution in [-0.2, 0) is 16.0 Å². The highest BCUT2D eigenvalue weighted by atomic mass is 19.1. The Hall–Kier alpha value is -1.46. The fraction of sp³-hybridized carbons (Fsp3) is 0.632. The van der Waals surface area contributed by atoms with Crippen LogP contribution in [0.15, 0.2) is 24.3 Å². The monoisotopic (exact) mass is 334 g/mol. The summed E-state index contributed by atoms with van der Waals surface area (Å²) >= 11 is 0. The summed E-state index contributed by atoms with van der Waals surface area (Å²) in [5.74, 6) is 1.17. The van der Waals surface area contributed by atoms with E-state index >= 15 is 0 Å². The van der Waals surface area contributed by atoms with Crippen LogP contribution in [0.1, 0.15) is 24.8 Å². The van der Waals surface area contributed by atoms with Gasteiger partial charge in [0.25, 0.3) is 0 Å². The van der Waals surface area contributed by atoms with Crippen LogP contribution < -0.4 is 5.32 Å². The Morgan fingerprint density at radius 3 is 2.92 bits per heavy atom. The summed E-state index contributed by atoms with van der Waals surface area (Å²) in [6.45, 7) is 3.63. The van der Waals surface area contributed by atoms with E-state index in [0.29, 0.717) is 18.8 Å². The Morgan fingerprint density at radius 2 is 2.21 bits per heavy atom. The van der Waals surface area contributed by atoms with Gasteiger partial charge in [0, 0.05) is 39.2 Å². The van der Waals surface area contributed by atoms with Crippen molar-refractivity contribution in [3.8, 4) is 0 Å². The summed E-state index contributed by atoms with van der Waals surface area (Å²) in [6.07, 6.45) is 3.57. The average molecular weight is 334 g/mol. The number of aryl methyl sites for hydroxylation is 1. The van der Waals surface area contributed by atoms with Crippen LogP contribution in [0.25, 0.3) is 0 Å². The van der Waals surface area contributed by atoms with Crippen molar-refractivity contribution in [2.75, 3.05) is 33.4 Å². The average Bonchev–Trinajstić information content (AvgIpc) is 3.33. The van der Waals surface area contributed by atoms with Crippen molar-refractivity contribution in [3.63, 3.8) is 0 Å². The van der Waals surface area contributed by atoms with Gasteiger partial charge in [0.2, 0.25) is 5.91 Å². The molecule has 24 heavy (non-hydrogen) atoms. The number of methoxy groups -OCH3 is 1. The maximum Gasteiger partial charge on any atom is 0.220 e. The van der Waals surface area contributed by atoms with Crippen molar-refractivity contribution in [1.29, 1.82) is 0 Å². The van der Waals surface area contributed by atoms with E-state index in [-0.39, 0.29) is 17.8 Å². The number of ether oxygens (including phenoxy) is 1. The minimum atomic E-state index is -0.244. The fourth-order valence-electron chi connectivity index (χ4n) is 3.70. The smallest absolute Gasteiger partial charge is 0.220 e. The van der Waals surface area contributed by atoms with Crippen LogP contribution in [0.3, 0.4) is 0 Å². The topological polar surface area (TPSA) is 41.6 Å². The number of carbonyl (C=O) groups is 1. The molecule has 0 unspecified atom stereocenters. The molecule has 132 valence electrons. The first-order chi connectivity index (χ1) is 11.7. The van der Waals surface area contributed by atoms with Gasteiger partial charge in [-0.3, -0.25) is 9.69 Å². The molecule has 2 atom stereocenters. The summed E-state index contributed by atoms with van der Waals surface area (Å²) in [7, 11) is 1.72. The van der Waals surface area contributed by atoms with Crippen molar-refractivity contribution in [1.82, 2.24) is 10.2 Å². The molecular weight excluding hydrogens is 307 g/mol. The standard InChI is InChI=1S/C19H27FN2O2/c1-24-10-9-22-12-17(15-6-7-15)18(13-22)21-19(23)8-5-14-3-2-4-16(20)11-14/h2-4,11,15,17-18H,5-10,12-13H2,1H3,(H,21,23)/t17-,18+/m0/s1. The molecular formula is C19H27FN2O2. The van der Waals surface area contributed by atoms with Gasteiger partial charge in [-0.15, -0.1) is 0 Å². The molecule has 1 saturated heterocycles. The Morgan fingerprint density at radius 1 is 1.38 bits per heavy atom. The number of nitrogens with one attached hydrogen (secondary N) is 1. The maximum atomic E-state index is 13.2. The Balaban J connectivity index is 1.48. The summed E-state index contributed by atoms with van der Waals surface area (Å²) in [5, 5.41) is 3.23. The summed E-state index contributed by atoms with van der Waals surface area (Å²) in [5.41, 5.74) is 0.872. The molecule has 2 aliphatic rings. The molecule has 0 aromatic heterocycles. The molecule has 1 saturated carbocycles. The van der Waals surface area contributed by atoms with Crippen LogP contribution in [0.4, 0.5) is 4.39 Å². The van der Waals surface area contributed by atoms with Gasteiger partial charge in [-0.05, 0) is 48.8 Å². The third-order valence-corrected chi connectivity index (χ3v) is 5.16. The molecule has 1 N–H and O–H groups in total. The molecule has 1 amide bonds. The molecule has 0 spiro atoms. The number of amides is 1. The van der Waals surface area contributed by atoms with Gasteiger partial charge < -0.3 is 10.1 Å². The minimum absolute atomic E-state index is 0.0727. The highest BCUT2D eigenvalue weighted by Crippen LogP contribution is 2.41. The molecule has 1 aliphatic carbocycles. The first-order valence-electron chi connectivity index (χ1n) is 8.91. The van der Waals surface area contributed by atoms with E-state index in [1.165, 1.54) is 25.0 Å². The zero-order valence-electron chi connectivity index (χ0n) is 14.3. The maximum absolute atomic E-state index is 13.2. The Bertz CT molecular complexity index is 562. The number of benzene rings is 1. The predicted molar refractivity (Wildman–Crippen MR) is 91.2 cm³/mol. The molecule has 1 aromatic rings. The molecule has 1 aliphatic heterocycles. The molecule has 0 radical (unpaired) electrons. The van der Waals surface area contributed by atoms with Crippen molar-refractivity contribution in [2.24, 2.45) is 11.8 Å². The second-order valence-electron chi connectivity index (χ2n) is 7.06. The Labute approximate surface area is 143 Å². The van der Waals surface area contributed by atoms with Crippen LogP contribution in [0, 0.1) is 17.7 Å². The molecule has 2 fully saturated rings. The summed E-state index contributed by atoms with van der Waals surface area (Å²) in [6, 6.07) is 6.73. The van der Waals surface area contributed by atoms with E-state index in [9.17, 15) is 9.18 Å². The van der Waals surface area contributed by atoms with E-state index in [0.717, 1.165) is 37.7 Å². The van der Waals surface area contributed by atoms with Crippen molar-refractivity contribution < 1.29 is 13.9 Å². The zero-order chi connectivity index (χ0) is 16.9. The SMILES string of the molecule is COCCN1C[C@@H](NC(=O)CCc2cccc(F)c2)[C@H](C2CC2)C1. The highest BCUT2D eigenvalue weighted by molar-refractivity contribution is 5.76. The van der Waals surface area contributed by atoms with Crippen LogP contribution in [0.2, 0.25) is 0 Å². The van der Waals surface area contributed by atoms with Gasteiger partial charge in [-0.1, -0.05) is 12.1 Å². The number of rotatable bonds is 8. The molecule has 1 aromatic carbocycles. The fourth-order valence-corrected chi connectivity index (χ4v) is 3.70. The lowest BCUT2D eigenvalue weighted by molar-refractivity contribution is -0.122. The molecule has 4 nitrogen and oxygen atoms in total. The number of carbonyl (C=O) groups excluding carboxylic acids is 1. The van der Waals surface area contributed by atoms with Gasteiger partial charge in [-0.25, -0.2) is 4.39 Å². The van der Waals surface area contributed by atoms with Gasteiger partial charge in [-0.2, -0.15) is 0 Å². The zero-order valence-corrected chi connectivity index (χ0v) is 14.3. The lowest BCUT2D eigenvalue weighted by Crippen LogP contribution is -2.41. The second kappa shape index (κ2) is 8.08. The normalized spacial score (nSPS) is 24.2. The lowest BCUT2D eigenvalue weighted by Gasteiger charge is -2.19. The van der Waals surface area contributed by atoms with E-state index in [1.54, 1.807) is 13.2 Å². The number of nitrogens with zero attached hydrogens (tertiary/aromatic N) is 1. The summed E-state index contributed by atoms with van der Waals surface area (Å²) < 4.78 is 18.4. The molecule has 1 heterocycles. The van der Waals surface area contributed by atoms with E-state index in [1.807, 2.05) is 6.07 Å². The van der Waals surface area contributed by atoms with E-state index in [4.69, 9.17) is 4.74 Å². The molecule has 0 bridgehead atoms. The highest BCUT2D eigenvalue weighted by Gasteiger charge is 2.42. The van der Waals surface area contributed by atoms with Crippen LogP contribution in [-0.4, -0.2) is 50.2 Å². The van der Waals surface area contributed by atoms with Gasteiger partial charge >= 0.3 is 0 Å². The van der Waals surface area contributed by atoms with E-state index < -0.39 is 0 Å². The van der Waals surface area contributed by atoms with Gasteiger partial charge in [0.1, 0.15) is 5.82 Å². The van der Waals surface area contributed by atoms with Crippen LogP contribution in [0.5, 0.6) is 0 Å². The number of likely N-dealkylation sites (tertiary alicyclic amines) is 1. The molecule has 3 rings (SSSR count). The lowest BCUT2D eigenvalue weighted by atomic mass is 9.98. The molecule has 5 heteroatoms. The first-order valence-corrected chi connectivity index (χ1v) is 8.91. The quantitative estimate of drug-likeness (QED) is 0.793. The van der Waals surface area contributed by atoms with Crippen molar-refractivity contribution >= 4 is 5.91 Å². The second-order valence-corrected chi connectivity index (χ2v) is 7.06. The van der Waals surface area contributed by atoms with Crippen molar-refractivity contribution in [3.05, 3.63) is 35.6 Å². The largest absolute Gasteiger partial charge is 0.383 e. The minimum Gasteiger partial charge on any atom is -0.383 e. The predicted octanol–water partition coefficient (Wildman–Crippen LogP) is 2.23. The van der Waals surface area contributed by atoms with E-state index in [2.05, 4.69) is 10.2 Å². The van der Waals surface area contributed by atoms with Crippen molar-refractivity contribution in [2.45, 2.75) is 31.7 Å². The Kier molecular flexibility index (Phi) is 5.85. The third kappa shape index (κ3) is 4.77. The van der Waals surface area contributed by atoms with Gasteiger partial charge in [0.05, 0.1) is 6.61 Å². The third-order valence-electron chi connectivity index (χ3n) is 5.16.